The molecule has 4 aromatic carbocycles. The van der Waals surface area contributed by atoms with Gasteiger partial charge >= 0.3 is 37.2 Å². The van der Waals surface area contributed by atoms with Gasteiger partial charge in [0.25, 0.3) is 0 Å². The van der Waals surface area contributed by atoms with Crippen LogP contribution in [0.25, 0.3) is 89.9 Å². The quantitative estimate of drug-likeness (QED) is 0.130. The van der Waals surface area contributed by atoms with Crippen LogP contribution in [0.15, 0.2) is 121 Å². The number of aromatic nitrogens is 4. The summed E-state index contributed by atoms with van der Waals surface area (Å²) < 4.78 is 97.8. The zero-order valence-corrected chi connectivity index (χ0v) is 37.5. The Morgan fingerprint density at radius 2 is 0.645 bits per heavy atom. The average Bonchev–Trinajstić information content (AvgIpc) is 4.08. The van der Waals surface area contributed by atoms with Crippen LogP contribution in [0.3, 0.4) is 0 Å². The van der Waals surface area contributed by atoms with Crippen LogP contribution >= 0.6 is 46.4 Å². The van der Waals surface area contributed by atoms with Crippen molar-refractivity contribution in [1.29, 1.82) is 0 Å². The van der Waals surface area contributed by atoms with Gasteiger partial charge in [-0.25, -0.2) is 9.97 Å². The van der Waals surface area contributed by atoms with Crippen LogP contribution in [-0.2, 0) is 19.5 Å². The van der Waals surface area contributed by atoms with Crippen LogP contribution in [0, 0.1) is 0 Å². The topological polar surface area (TPSA) is 54.0 Å². The van der Waals surface area contributed by atoms with Crippen LogP contribution < -0.4 is 9.97 Å². The Kier molecular flexibility index (Phi) is 10.4. The average molecular weight is 964 g/mol. The molecule has 0 radical (unpaired) electrons. The summed E-state index contributed by atoms with van der Waals surface area (Å²) in [6.07, 6.45) is 3.59. The third-order valence-corrected chi connectivity index (χ3v) is 11.8. The molecule has 15 heteroatoms. The number of hydrogen-bond donors (Lipinski definition) is 0. The number of nitrogens with zero attached hydrogens (tertiary/aromatic N) is 4. The summed E-state index contributed by atoms with van der Waals surface area (Å²) in [6.45, 7) is 0. The predicted octanol–water partition coefficient (Wildman–Crippen LogP) is 14.9. The van der Waals surface area contributed by atoms with Crippen molar-refractivity contribution in [1.82, 2.24) is 19.9 Å². The molecule has 3 aliphatic rings. The number of hydrogen-bond acceptors (Lipinski definition) is 2. The fraction of sp³-hybridized carbons (Fsp3) is 0.0638. The van der Waals surface area contributed by atoms with E-state index in [4.69, 9.17) is 61.4 Å². The minimum absolute atomic E-state index is 0. The summed E-state index contributed by atoms with van der Waals surface area (Å²) >= 11 is 25.1. The van der Waals surface area contributed by atoms with E-state index in [1.807, 2.05) is 0 Å². The molecule has 0 N–H and O–H groups in total. The second-order valence-corrected chi connectivity index (χ2v) is 16.2. The first-order chi connectivity index (χ1) is 29.1. The molecule has 0 fully saturated rings. The Labute approximate surface area is 381 Å². The Morgan fingerprint density at radius 3 is 0.952 bits per heavy atom. The standard InChI is InChI=1S/C47H22Cl4F6N4.Zn/c48-27-9-1-23(2-10-27)37-31-17-18-32(58-31)38(24-3-11-28(49)12-4-24)34-20-22-36(60-34)40(26-7-15-30(51)16-8-26)44-42-41(45(52,53)47(56,57)46(42,54)55)43(61-44)39(35-21-19-33(37)59-35)25-5-13-29(50)14-6-25;/h1-22H;/q-2;+2. The molecule has 62 heavy (non-hydrogen) atoms. The monoisotopic (exact) mass is 960 g/mol. The summed E-state index contributed by atoms with van der Waals surface area (Å²) in [7, 11) is 0. The zero-order chi connectivity index (χ0) is 42.6. The van der Waals surface area contributed by atoms with Gasteiger partial charge in [-0.1, -0.05) is 119 Å². The summed E-state index contributed by atoms with van der Waals surface area (Å²) in [5.41, 5.74) is -1.40. The molecule has 0 unspecified atom stereocenters. The number of alkyl halides is 6. The molecule has 5 heterocycles. The Bertz CT molecular complexity index is 2990. The smallest absolute Gasteiger partial charge is 0.657 e. The molecule has 0 saturated carbocycles. The Hall–Kier alpha value is -5.16. The van der Waals surface area contributed by atoms with Gasteiger partial charge in [-0.05, 0) is 105 Å². The Morgan fingerprint density at radius 1 is 0.371 bits per heavy atom. The molecular formula is C47H22Cl4F6N4Zn. The second-order valence-electron chi connectivity index (χ2n) is 14.5. The third kappa shape index (κ3) is 6.55. The molecule has 8 bridgehead atoms. The predicted molar refractivity (Wildman–Crippen MR) is 231 cm³/mol. The van der Waals surface area contributed by atoms with Gasteiger partial charge in [-0.2, -0.15) is 26.3 Å². The molecule has 7 aromatic rings. The summed E-state index contributed by atoms with van der Waals surface area (Å²) in [5.74, 6) is -16.7. The number of fused-ring (bicyclic) bond motifs is 10. The number of halogens is 10. The largest absolute Gasteiger partial charge is 2.00 e. The van der Waals surface area contributed by atoms with E-state index < -0.39 is 40.3 Å². The van der Waals surface area contributed by atoms with Gasteiger partial charge in [-0.15, -0.1) is 22.1 Å². The van der Waals surface area contributed by atoms with E-state index in [9.17, 15) is 0 Å². The fourth-order valence-corrected chi connectivity index (χ4v) is 8.50. The van der Waals surface area contributed by atoms with E-state index in [1.54, 1.807) is 72.8 Å². The van der Waals surface area contributed by atoms with E-state index in [0.717, 1.165) is 0 Å². The van der Waals surface area contributed by atoms with Gasteiger partial charge in [0.05, 0.1) is 33.9 Å². The maximum atomic E-state index is 16.5. The van der Waals surface area contributed by atoms with Crippen molar-refractivity contribution in [2.24, 2.45) is 0 Å². The van der Waals surface area contributed by atoms with Crippen molar-refractivity contribution in [3.05, 3.63) is 164 Å². The molecule has 10 rings (SSSR count). The molecule has 3 aromatic heterocycles. The SMILES string of the molecule is FC1(F)C2=C(c3nc2c(-c2ccc(Cl)cc2)c2ccc([n-]2)c(-c2ccc(Cl)cc2)c2nc(c(-c4ccc(Cl)cc4)c4ccc([n-]4)c3-c3ccc(Cl)cc3)C=C2)C(F)(F)C1(F)F.[Zn+2]. The minimum Gasteiger partial charge on any atom is -0.657 e. The van der Waals surface area contributed by atoms with Gasteiger partial charge in [0, 0.05) is 20.1 Å². The summed E-state index contributed by atoms with van der Waals surface area (Å²) in [4.78, 5) is 19.5. The molecule has 1 aliphatic carbocycles. The molecule has 0 atom stereocenters. The van der Waals surface area contributed by atoms with Crippen molar-refractivity contribution in [3.63, 3.8) is 0 Å². The Balaban J connectivity index is 0.00000490. The van der Waals surface area contributed by atoms with Crippen LogP contribution in [0.2, 0.25) is 20.1 Å². The van der Waals surface area contributed by atoms with Crippen molar-refractivity contribution >= 4 is 91.8 Å². The van der Waals surface area contributed by atoms with Gasteiger partial charge in [-0.3, -0.25) is 0 Å². The number of allylic oxidation sites excluding steroid dienone is 2. The van der Waals surface area contributed by atoms with Crippen molar-refractivity contribution in [3.8, 4) is 44.5 Å². The first-order valence-corrected chi connectivity index (χ1v) is 20.0. The first-order valence-electron chi connectivity index (χ1n) is 18.4. The molecule has 302 valence electrons. The maximum absolute atomic E-state index is 16.5. The van der Waals surface area contributed by atoms with E-state index in [-0.39, 0.29) is 62.8 Å². The van der Waals surface area contributed by atoms with Crippen LogP contribution in [0.1, 0.15) is 22.8 Å². The number of benzene rings is 4. The normalized spacial score (nSPS) is 15.7. The molecule has 4 nitrogen and oxygen atoms in total. The van der Waals surface area contributed by atoms with E-state index in [2.05, 4.69) is 4.98 Å². The van der Waals surface area contributed by atoms with Crippen molar-refractivity contribution in [2.75, 3.05) is 0 Å². The first kappa shape index (κ1) is 42.2. The molecule has 2 aliphatic heterocycles. The van der Waals surface area contributed by atoms with Crippen molar-refractivity contribution in [2.45, 2.75) is 17.8 Å². The zero-order valence-electron chi connectivity index (χ0n) is 31.5. The maximum Gasteiger partial charge on any atom is 2.00 e. The molecule has 0 spiro atoms. The van der Waals surface area contributed by atoms with Gasteiger partial charge < -0.3 is 9.97 Å². The summed E-state index contributed by atoms with van der Waals surface area (Å²) in [5, 5.41) is 1.44. The van der Waals surface area contributed by atoms with Gasteiger partial charge in [0.15, 0.2) is 0 Å². The van der Waals surface area contributed by atoms with Crippen LogP contribution in [0.4, 0.5) is 26.3 Å². The van der Waals surface area contributed by atoms with E-state index in [1.165, 1.54) is 60.7 Å². The van der Waals surface area contributed by atoms with Crippen LogP contribution in [0.5, 0.6) is 0 Å². The molecule has 0 saturated heterocycles. The fourth-order valence-electron chi connectivity index (χ4n) is 8.00. The third-order valence-electron chi connectivity index (χ3n) is 10.8. The number of rotatable bonds is 4. The van der Waals surface area contributed by atoms with E-state index in [0.29, 0.717) is 54.7 Å². The van der Waals surface area contributed by atoms with Gasteiger partial charge in [0.2, 0.25) is 0 Å². The minimum atomic E-state index is -5.87. The van der Waals surface area contributed by atoms with Crippen molar-refractivity contribution < 1.29 is 45.8 Å². The summed E-state index contributed by atoms with van der Waals surface area (Å²) in [6, 6.07) is 31.5. The molecule has 0 amide bonds. The van der Waals surface area contributed by atoms with Gasteiger partial charge in [0.1, 0.15) is 0 Å². The molecular weight excluding hydrogens is 942 g/mol. The van der Waals surface area contributed by atoms with Crippen LogP contribution in [-0.4, -0.2) is 27.7 Å². The second kappa shape index (κ2) is 15.3. The van der Waals surface area contributed by atoms with E-state index >= 15 is 26.3 Å².